The summed E-state index contributed by atoms with van der Waals surface area (Å²) in [4.78, 5) is 24.2. The van der Waals surface area contributed by atoms with Gasteiger partial charge < -0.3 is 9.47 Å². The number of rotatable bonds is 8. The van der Waals surface area contributed by atoms with Crippen LogP contribution >= 0.6 is 0 Å². The second-order valence-electron chi connectivity index (χ2n) is 8.29. The molecule has 0 aromatic carbocycles. The van der Waals surface area contributed by atoms with Crippen LogP contribution in [0.1, 0.15) is 44.9 Å². The zero-order valence-corrected chi connectivity index (χ0v) is 15.9. The minimum absolute atomic E-state index is 0.454. The Morgan fingerprint density at radius 1 is 1.07 bits per heavy atom. The van der Waals surface area contributed by atoms with Gasteiger partial charge in [0.2, 0.25) is 0 Å². The molecule has 0 aromatic heterocycles. The number of carbonyl (C=O) groups excluding carboxylic acids is 2. The third-order valence-electron chi connectivity index (χ3n) is 6.14. The highest BCUT2D eigenvalue weighted by molar-refractivity contribution is 7.86. The van der Waals surface area contributed by atoms with Crippen molar-refractivity contribution in [2.24, 2.45) is 23.2 Å². The zero-order chi connectivity index (χ0) is 20.7. The fourth-order valence-electron chi connectivity index (χ4n) is 5.29. The second kappa shape index (κ2) is 7.47. The first-order chi connectivity index (χ1) is 12.9. The van der Waals surface area contributed by atoms with Crippen molar-refractivity contribution in [2.75, 3.05) is 13.2 Å². The molecule has 4 aliphatic carbocycles. The van der Waals surface area contributed by atoms with Crippen LogP contribution < -0.4 is 0 Å². The molecule has 0 heterocycles. The van der Waals surface area contributed by atoms with Gasteiger partial charge in [0, 0.05) is 6.42 Å². The van der Waals surface area contributed by atoms with E-state index in [-0.39, 0.29) is 0 Å². The van der Waals surface area contributed by atoms with E-state index in [1.165, 1.54) is 0 Å². The van der Waals surface area contributed by atoms with Crippen molar-refractivity contribution in [1.82, 2.24) is 0 Å². The highest BCUT2D eigenvalue weighted by Crippen LogP contribution is 2.60. The molecule has 4 bridgehead atoms. The highest BCUT2D eigenvalue weighted by Gasteiger charge is 2.55. The Kier molecular flexibility index (Phi) is 5.70. The Hall–Kier alpha value is -1.36. The molecule has 0 radical (unpaired) electrons. The van der Waals surface area contributed by atoms with E-state index in [0.717, 1.165) is 38.5 Å². The van der Waals surface area contributed by atoms with Crippen molar-refractivity contribution in [1.29, 1.82) is 0 Å². The van der Waals surface area contributed by atoms with Crippen LogP contribution in [-0.4, -0.2) is 49.5 Å². The van der Waals surface area contributed by atoms with Gasteiger partial charge in [-0.25, -0.2) is 9.18 Å². The molecular weight excluding hydrogens is 405 g/mol. The Morgan fingerprint density at radius 2 is 1.57 bits per heavy atom. The van der Waals surface area contributed by atoms with Crippen LogP contribution in [0.3, 0.4) is 0 Å². The van der Waals surface area contributed by atoms with Crippen LogP contribution in [0.5, 0.6) is 0 Å². The molecule has 0 amide bonds. The van der Waals surface area contributed by atoms with E-state index in [0.29, 0.717) is 17.8 Å². The molecule has 0 aromatic rings. The average Bonchev–Trinajstić information content (AvgIpc) is 2.57. The first-order valence-corrected chi connectivity index (χ1v) is 10.7. The number of esters is 2. The first-order valence-electron chi connectivity index (χ1n) is 9.25. The van der Waals surface area contributed by atoms with E-state index < -0.39 is 58.5 Å². The van der Waals surface area contributed by atoms with Crippen molar-refractivity contribution in [2.45, 2.75) is 56.4 Å². The summed E-state index contributed by atoms with van der Waals surface area (Å²) >= 11 is 0. The van der Waals surface area contributed by atoms with Crippen molar-refractivity contribution in [3.05, 3.63) is 0 Å². The Morgan fingerprint density at radius 3 is 2.04 bits per heavy atom. The van der Waals surface area contributed by atoms with E-state index in [1.54, 1.807) is 0 Å². The first kappa shape index (κ1) is 21.4. The van der Waals surface area contributed by atoms with E-state index >= 15 is 0 Å². The average molecular weight is 428 g/mol. The molecule has 4 saturated carbocycles. The quantitative estimate of drug-likeness (QED) is 0.468. The summed E-state index contributed by atoms with van der Waals surface area (Å²) in [5.41, 5.74) is -0.559. The van der Waals surface area contributed by atoms with Gasteiger partial charge in [-0.15, -0.1) is 0 Å². The van der Waals surface area contributed by atoms with Crippen LogP contribution in [0.2, 0.25) is 0 Å². The molecule has 4 fully saturated rings. The predicted octanol–water partition coefficient (Wildman–Crippen LogP) is 2.50. The van der Waals surface area contributed by atoms with Crippen molar-refractivity contribution >= 4 is 22.1 Å². The number of halogens is 3. The molecule has 4 rings (SSSR count). The molecule has 160 valence electrons. The molecule has 1 unspecified atom stereocenters. The number of hydrogen-bond acceptors (Lipinski definition) is 6. The lowest BCUT2D eigenvalue weighted by molar-refractivity contribution is -0.177. The van der Waals surface area contributed by atoms with Crippen LogP contribution in [0.25, 0.3) is 0 Å². The monoisotopic (exact) mass is 428 g/mol. The molecule has 1 atom stereocenters. The SMILES string of the molecule is O=C(COC(=O)C12CC3CC(CC(C3)C1)C2)OCCC(F)C(F)(F)S(=O)(=O)O. The van der Waals surface area contributed by atoms with Gasteiger partial charge in [-0.1, -0.05) is 0 Å². The minimum atomic E-state index is -5.91. The summed E-state index contributed by atoms with van der Waals surface area (Å²) in [5, 5.41) is -5.00. The van der Waals surface area contributed by atoms with Crippen LogP contribution in [0.15, 0.2) is 0 Å². The zero-order valence-electron chi connectivity index (χ0n) is 15.1. The summed E-state index contributed by atoms with van der Waals surface area (Å²) < 4.78 is 78.1. The van der Waals surface area contributed by atoms with Crippen LogP contribution in [-0.2, 0) is 29.2 Å². The van der Waals surface area contributed by atoms with Crippen LogP contribution in [0.4, 0.5) is 13.2 Å². The summed E-state index contributed by atoms with van der Waals surface area (Å²) in [6.07, 6.45) is 1.27. The van der Waals surface area contributed by atoms with Gasteiger partial charge >= 0.3 is 27.3 Å². The summed E-state index contributed by atoms with van der Waals surface area (Å²) in [7, 11) is -5.91. The van der Waals surface area contributed by atoms with E-state index in [9.17, 15) is 31.2 Å². The molecule has 7 nitrogen and oxygen atoms in total. The smallest absolute Gasteiger partial charge is 0.400 e. The largest absolute Gasteiger partial charge is 0.463 e. The molecule has 0 saturated heterocycles. The molecule has 0 aliphatic heterocycles. The van der Waals surface area contributed by atoms with Crippen molar-refractivity contribution in [3.63, 3.8) is 0 Å². The van der Waals surface area contributed by atoms with Gasteiger partial charge in [-0.2, -0.15) is 17.2 Å². The topological polar surface area (TPSA) is 107 Å². The number of ether oxygens (including phenoxy) is 2. The Labute approximate surface area is 160 Å². The summed E-state index contributed by atoms with van der Waals surface area (Å²) in [6, 6.07) is 0. The lowest BCUT2D eigenvalue weighted by atomic mass is 9.49. The van der Waals surface area contributed by atoms with Gasteiger partial charge in [0.25, 0.3) is 0 Å². The van der Waals surface area contributed by atoms with E-state index in [1.807, 2.05) is 0 Å². The maximum absolute atomic E-state index is 13.3. The van der Waals surface area contributed by atoms with Crippen molar-refractivity contribution < 1.29 is 45.2 Å². The van der Waals surface area contributed by atoms with Gasteiger partial charge in [-0.05, 0) is 56.3 Å². The minimum Gasteiger partial charge on any atom is -0.463 e. The summed E-state index contributed by atoms with van der Waals surface area (Å²) in [6.45, 7) is -1.56. The standard InChI is InChI=1S/C17H23F3O7S/c18-13(17(19,20)28(23,24)25)1-2-26-14(21)9-27-15(22)16-6-10-3-11(7-16)5-12(4-10)8-16/h10-13H,1-9H2,(H,23,24,25). The molecule has 0 spiro atoms. The number of hydrogen-bond donors (Lipinski definition) is 1. The van der Waals surface area contributed by atoms with Gasteiger partial charge in [0.1, 0.15) is 0 Å². The Bertz CT molecular complexity index is 702. The number of carbonyl (C=O) groups is 2. The molecular formula is C17H23F3O7S. The maximum atomic E-state index is 13.3. The molecule has 28 heavy (non-hydrogen) atoms. The highest BCUT2D eigenvalue weighted by atomic mass is 32.2. The lowest BCUT2D eigenvalue weighted by Gasteiger charge is -2.55. The molecule has 11 heteroatoms. The fraction of sp³-hybridized carbons (Fsp3) is 0.882. The van der Waals surface area contributed by atoms with Crippen LogP contribution in [0, 0.1) is 23.2 Å². The second-order valence-corrected chi connectivity index (χ2v) is 9.78. The van der Waals surface area contributed by atoms with Gasteiger partial charge in [-0.3, -0.25) is 9.35 Å². The van der Waals surface area contributed by atoms with Gasteiger partial charge in [0.05, 0.1) is 12.0 Å². The molecule has 4 aliphatic rings. The molecule has 1 N–H and O–H groups in total. The predicted molar refractivity (Wildman–Crippen MR) is 88.5 cm³/mol. The third kappa shape index (κ3) is 4.14. The van der Waals surface area contributed by atoms with Gasteiger partial charge in [0.15, 0.2) is 12.8 Å². The lowest BCUT2D eigenvalue weighted by Crippen LogP contribution is -2.50. The fourth-order valence-corrected chi connectivity index (χ4v) is 5.73. The maximum Gasteiger partial charge on any atom is 0.400 e. The number of alkyl halides is 3. The van der Waals surface area contributed by atoms with E-state index in [4.69, 9.17) is 9.29 Å². The summed E-state index contributed by atoms with van der Waals surface area (Å²) in [5.74, 6) is 0.0374. The van der Waals surface area contributed by atoms with Crippen molar-refractivity contribution in [3.8, 4) is 0 Å². The van der Waals surface area contributed by atoms with E-state index in [2.05, 4.69) is 4.74 Å². The Balaban J connectivity index is 1.42. The normalized spacial score (nSPS) is 32.8. The third-order valence-corrected chi connectivity index (χ3v) is 7.08.